The minimum Gasteiger partial charge on any atom is -0.876 e. The van der Waals surface area contributed by atoms with Crippen molar-refractivity contribution in [2.75, 3.05) is 0 Å². The van der Waals surface area contributed by atoms with Crippen molar-refractivity contribution >= 4 is 17.3 Å². The van der Waals surface area contributed by atoms with Crippen molar-refractivity contribution in [2.24, 2.45) is 0 Å². The van der Waals surface area contributed by atoms with Gasteiger partial charge in [0.2, 0.25) is 0 Å². The van der Waals surface area contributed by atoms with Crippen molar-refractivity contribution in [3.05, 3.63) is 35.5 Å². The van der Waals surface area contributed by atoms with Crippen molar-refractivity contribution < 1.29 is 49.2 Å². The molecule has 0 aromatic rings. The zero-order chi connectivity index (χ0) is 17.6. The molecule has 0 saturated heterocycles. The van der Waals surface area contributed by atoms with E-state index < -0.39 is 0 Å². The molecule has 0 bridgehead atoms. The summed E-state index contributed by atoms with van der Waals surface area (Å²) in [4.78, 5) is 29.9. The predicted molar refractivity (Wildman–Crippen MR) is 73.3 cm³/mol. The summed E-state index contributed by atoms with van der Waals surface area (Å²) in [6.45, 7) is 8.09. The Hall–Kier alpha value is -1.75. The van der Waals surface area contributed by atoms with Gasteiger partial charge < -0.3 is 15.3 Å². The molecule has 0 N–H and O–H groups in total. The summed E-state index contributed by atoms with van der Waals surface area (Å²) >= 11 is 0. The third-order valence-electron chi connectivity index (χ3n) is 1.22. The van der Waals surface area contributed by atoms with Gasteiger partial charge in [-0.2, -0.15) is 0 Å². The minimum absolute atomic E-state index is 0. The number of allylic oxidation sites excluding steroid dienone is 6. The third kappa shape index (κ3) is 51.7. The Morgan fingerprint density at radius 2 is 0.682 bits per heavy atom. The number of ketones is 3. The average molecular weight is 398 g/mol. The van der Waals surface area contributed by atoms with Crippen LogP contribution in [0.1, 0.15) is 41.5 Å². The molecule has 0 radical (unpaired) electrons. The fourth-order valence-corrected chi connectivity index (χ4v) is 0.859. The molecular weight excluding hydrogens is 377 g/mol. The first kappa shape index (κ1) is 28.4. The maximum absolute atomic E-state index is 9.98. The Kier molecular flexibility index (Phi) is 22.4. The zero-order valence-electron chi connectivity index (χ0n) is 13.5. The number of carbonyl (C=O) groups excluding carboxylic acids is 3. The molecule has 0 aromatic carbocycles. The van der Waals surface area contributed by atoms with Crippen LogP contribution in [-0.4, -0.2) is 17.3 Å². The summed E-state index contributed by atoms with van der Waals surface area (Å²) in [5.74, 6) is -1.12. The van der Waals surface area contributed by atoms with Crippen molar-refractivity contribution in [1.29, 1.82) is 0 Å². The first-order chi connectivity index (χ1) is 9.38. The van der Waals surface area contributed by atoms with Gasteiger partial charge in [-0.25, -0.2) is 0 Å². The first-order valence-electron chi connectivity index (χ1n) is 5.96. The van der Waals surface area contributed by atoms with E-state index in [0.717, 1.165) is 18.2 Å². The molecule has 0 fully saturated rings. The maximum atomic E-state index is 9.98. The number of hydrogen-bond acceptors (Lipinski definition) is 6. The van der Waals surface area contributed by atoms with E-state index in [1.165, 1.54) is 41.5 Å². The van der Waals surface area contributed by atoms with Gasteiger partial charge in [-0.1, -0.05) is 20.8 Å². The third-order valence-corrected chi connectivity index (χ3v) is 1.22. The van der Waals surface area contributed by atoms with Gasteiger partial charge in [0.25, 0.3) is 0 Å². The molecule has 0 spiro atoms. The zero-order valence-corrected chi connectivity index (χ0v) is 15.3. The molecule has 22 heavy (non-hydrogen) atoms. The van der Waals surface area contributed by atoms with E-state index in [1.54, 1.807) is 0 Å². The molecule has 0 unspecified atom stereocenters. The first-order valence-corrected chi connectivity index (χ1v) is 5.96. The largest absolute Gasteiger partial charge is 0.876 e. The number of carbonyl (C=O) groups is 3. The van der Waals surface area contributed by atoms with E-state index in [2.05, 4.69) is 0 Å². The maximum Gasteiger partial charge on any atom is 0.151 e. The van der Waals surface area contributed by atoms with E-state index >= 15 is 0 Å². The molecular formula is C15H21O6Ru-3. The Labute approximate surface area is 144 Å². The van der Waals surface area contributed by atoms with E-state index in [4.69, 9.17) is 0 Å². The summed E-state index contributed by atoms with van der Waals surface area (Å²) in [5, 5.41) is 29.9. The van der Waals surface area contributed by atoms with Crippen molar-refractivity contribution in [3.63, 3.8) is 0 Å². The van der Waals surface area contributed by atoms with E-state index in [9.17, 15) is 29.7 Å². The fourth-order valence-electron chi connectivity index (χ4n) is 0.859. The van der Waals surface area contributed by atoms with Crippen molar-refractivity contribution in [3.8, 4) is 0 Å². The average Bonchev–Trinajstić information content (AvgIpc) is 2.10. The van der Waals surface area contributed by atoms with E-state index in [0.29, 0.717) is 0 Å². The van der Waals surface area contributed by atoms with Gasteiger partial charge in [-0.05, 0) is 39.0 Å². The smallest absolute Gasteiger partial charge is 0.151 e. The molecule has 0 aliphatic carbocycles. The Morgan fingerprint density at radius 1 is 0.545 bits per heavy atom. The normalized spacial score (nSPS) is 10.9. The minimum atomic E-state index is -0.187. The molecule has 0 saturated carbocycles. The molecule has 128 valence electrons. The number of rotatable bonds is 3. The van der Waals surface area contributed by atoms with Crippen LogP contribution in [0.2, 0.25) is 0 Å². The van der Waals surface area contributed by atoms with Gasteiger partial charge in [0.05, 0.1) is 0 Å². The molecule has 0 heterocycles. The van der Waals surface area contributed by atoms with E-state index in [-0.39, 0.29) is 54.1 Å². The van der Waals surface area contributed by atoms with Gasteiger partial charge in [-0.3, -0.25) is 14.4 Å². The standard InChI is InChI=1S/3C5H8O2.Ru/c3*1-4(6)3-5(2)7;/h3*3,6H,1-2H3;/p-3/b3*4-3-;. The second-order valence-corrected chi connectivity index (χ2v) is 4.10. The van der Waals surface area contributed by atoms with Crippen LogP contribution in [0.15, 0.2) is 35.5 Å². The summed E-state index contributed by atoms with van der Waals surface area (Å²) in [6, 6.07) is 0. The molecule has 0 amide bonds. The molecule has 0 rings (SSSR count). The molecule has 6 nitrogen and oxygen atoms in total. The van der Waals surface area contributed by atoms with Gasteiger partial charge in [0.1, 0.15) is 0 Å². The topological polar surface area (TPSA) is 120 Å². The number of hydrogen-bond donors (Lipinski definition) is 0. The Balaban J connectivity index is -0.000000108. The predicted octanol–water partition coefficient (Wildman–Crippen LogP) is -0.484. The van der Waals surface area contributed by atoms with Crippen LogP contribution in [0, 0.1) is 0 Å². The summed E-state index contributed by atoms with van der Waals surface area (Å²) in [6.07, 6.45) is 3.17. The van der Waals surface area contributed by atoms with Gasteiger partial charge in [-0.15, -0.1) is 17.3 Å². The van der Waals surface area contributed by atoms with Crippen LogP contribution in [0.3, 0.4) is 0 Å². The summed E-state index contributed by atoms with van der Waals surface area (Å²) in [7, 11) is 0. The van der Waals surface area contributed by atoms with Crippen LogP contribution in [0.25, 0.3) is 0 Å². The van der Waals surface area contributed by atoms with Crippen LogP contribution in [0.5, 0.6) is 0 Å². The SMILES string of the molecule is CC(=O)/C=C(/C)[O-].CC(=O)/C=C(/C)[O-].CC(=O)/C=C(/C)[O-].[Ru]. The van der Waals surface area contributed by atoms with Gasteiger partial charge >= 0.3 is 0 Å². The second kappa shape index (κ2) is 17.3. The monoisotopic (exact) mass is 399 g/mol. The second-order valence-electron chi connectivity index (χ2n) is 4.10. The Bertz CT molecular complexity index is 368. The van der Waals surface area contributed by atoms with Crippen LogP contribution < -0.4 is 15.3 Å². The van der Waals surface area contributed by atoms with Crippen molar-refractivity contribution in [1.82, 2.24) is 0 Å². The fraction of sp³-hybridized carbons (Fsp3) is 0.400. The molecule has 0 aliphatic heterocycles. The Morgan fingerprint density at radius 3 is 0.682 bits per heavy atom. The summed E-state index contributed by atoms with van der Waals surface area (Å²) in [5.41, 5.74) is 0. The molecule has 0 aromatic heterocycles. The van der Waals surface area contributed by atoms with Gasteiger partial charge in [0, 0.05) is 19.5 Å². The molecule has 7 heteroatoms. The van der Waals surface area contributed by atoms with Crippen molar-refractivity contribution in [2.45, 2.75) is 41.5 Å². The summed E-state index contributed by atoms with van der Waals surface area (Å²) < 4.78 is 0. The van der Waals surface area contributed by atoms with E-state index in [1.807, 2.05) is 0 Å². The molecule has 0 aliphatic rings. The van der Waals surface area contributed by atoms with Crippen LogP contribution in [-0.2, 0) is 33.9 Å². The quantitative estimate of drug-likeness (QED) is 0.360. The van der Waals surface area contributed by atoms with Crippen LogP contribution >= 0.6 is 0 Å². The van der Waals surface area contributed by atoms with Gasteiger partial charge in [0.15, 0.2) is 17.3 Å². The van der Waals surface area contributed by atoms with Crippen LogP contribution in [0.4, 0.5) is 0 Å². The molecule has 0 atom stereocenters.